The van der Waals surface area contributed by atoms with Gasteiger partial charge in [0.2, 0.25) is 0 Å². The first-order valence-corrected chi connectivity index (χ1v) is 7.07. The summed E-state index contributed by atoms with van der Waals surface area (Å²) < 4.78 is 0. The van der Waals surface area contributed by atoms with Crippen molar-refractivity contribution in [3.05, 3.63) is 49.2 Å². The Morgan fingerprint density at radius 3 is 2.36 bits per heavy atom. The van der Waals surface area contributed by atoms with E-state index in [2.05, 4.69) is 5.32 Å². The summed E-state index contributed by atoms with van der Waals surface area (Å²) in [4.78, 5) is 45.6. The fourth-order valence-corrected chi connectivity index (χ4v) is 2.50. The normalized spacial score (nSPS) is 13.9. The van der Waals surface area contributed by atoms with Crippen LogP contribution >= 0.6 is 0 Å². The molecule has 11 heteroatoms. The lowest BCUT2D eigenvalue weighted by molar-refractivity contribution is -0.394. The number of aliphatic hydroxyl groups is 1. The van der Waals surface area contributed by atoms with Gasteiger partial charge in [0.15, 0.2) is 0 Å². The molecule has 1 aliphatic heterocycles. The Bertz CT molecular complexity index is 831. The lowest BCUT2D eigenvalue weighted by Gasteiger charge is -2.15. The summed E-state index contributed by atoms with van der Waals surface area (Å²) in [6.45, 7) is 2.01. The standard InChI is InChI=1S/C14H14N4O7/c1-7-5-10(17(22)23)8(2)13(18(24)25)12(7)15-9-6-11(20)16(3-4-19)14(9)21/h5-6,15,19H,3-4H2,1-2H3. The first-order chi connectivity index (χ1) is 11.7. The highest BCUT2D eigenvalue weighted by Gasteiger charge is 2.34. The Balaban J connectivity index is 2.51. The molecule has 132 valence electrons. The molecule has 0 radical (unpaired) electrons. The number of aliphatic hydroxyl groups excluding tert-OH is 1. The topological polar surface area (TPSA) is 156 Å². The van der Waals surface area contributed by atoms with E-state index in [0.29, 0.717) is 0 Å². The molecule has 11 nitrogen and oxygen atoms in total. The minimum atomic E-state index is -0.787. The molecular formula is C14H14N4O7. The van der Waals surface area contributed by atoms with E-state index in [1.54, 1.807) is 0 Å². The second-order valence-corrected chi connectivity index (χ2v) is 5.28. The number of anilines is 1. The van der Waals surface area contributed by atoms with Gasteiger partial charge in [-0.1, -0.05) is 0 Å². The molecular weight excluding hydrogens is 336 g/mol. The maximum absolute atomic E-state index is 12.1. The third-order valence-corrected chi connectivity index (χ3v) is 3.70. The number of aryl methyl sites for hydroxylation is 1. The second-order valence-electron chi connectivity index (χ2n) is 5.28. The first-order valence-electron chi connectivity index (χ1n) is 7.07. The number of amides is 2. The number of carbonyl (C=O) groups is 2. The minimum Gasteiger partial charge on any atom is -0.395 e. The molecule has 2 N–H and O–H groups in total. The molecule has 0 fully saturated rings. The van der Waals surface area contributed by atoms with E-state index in [9.17, 15) is 29.8 Å². The number of hydrogen-bond donors (Lipinski definition) is 2. The van der Waals surface area contributed by atoms with Crippen molar-refractivity contribution >= 4 is 28.9 Å². The van der Waals surface area contributed by atoms with Crippen LogP contribution in [0.15, 0.2) is 17.8 Å². The van der Waals surface area contributed by atoms with E-state index >= 15 is 0 Å². The summed E-state index contributed by atoms with van der Waals surface area (Å²) in [6.07, 6.45) is 0.956. The molecule has 2 amide bonds. The van der Waals surface area contributed by atoms with Crippen LogP contribution in [-0.4, -0.2) is 44.8 Å². The van der Waals surface area contributed by atoms with Gasteiger partial charge in [-0.25, -0.2) is 0 Å². The van der Waals surface area contributed by atoms with Crippen molar-refractivity contribution in [2.75, 3.05) is 18.5 Å². The highest BCUT2D eigenvalue weighted by Crippen LogP contribution is 2.38. The number of β-amino-alcohol motifs (C(OH)–C–C–N with tert-alkyl or cyclic N) is 1. The van der Waals surface area contributed by atoms with Gasteiger partial charge >= 0.3 is 5.69 Å². The molecule has 0 saturated carbocycles. The fourth-order valence-electron chi connectivity index (χ4n) is 2.50. The monoisotopic (exact) mass is 350 g/mol. The highest BCUT2D eigenvalue weighted by molar-refractivity contribution is 6.17. The maximum atomic E-state index is 12.1. The number of rotatable bonds is 6. The van der Waals surface area contributed by atoms with Gasteiger partial charge in [-0.2, -0.15) is 0 Å². The number of nitrogens with zero attached hydrogens (tertiary/aromatic N) is 3. The average molecular weight is 350 g/mol. The van der Waals surface area contributed by atoms with Crippen LogP contribution in [0.5, 0.6) is 0 Å². The van der Waals surface area contributed by atoms with Crippen LogP contribution in [0.3, 0.4) is 0 Å². The van der Waals surface area contributed by atoms with Gasteiger partial charge in [0.1, 0.15) is 16.9 Å². The predicted octanol–water partition coefficient (Wildman–Crippen LogP) is 0.777. The third-order valence-electron chi connectivity index (χ3n) is 3.70. The fraction of sp³-hybridized carbons (Fsp3) is 0.286. The minimum absolute atomic E-state index is 0.105. The van der Waals surface area contributed by atoms with Gasteiger partial charge in [0.25, 0.3) is 17.5 Å². The van der Waals surface area contributed by atoms with Crippen molar-refractivity contribution in [1.82, 2.24) is 4.90 Å². The van der Waals surface area contributed by atoms with E-state index in [4.69, 9.17) is 5.11 Å². The van der Waals surface area contributed by atoms with E-state index < -0.39 is 39.6 Å². The van der Waals surface area contributed by atoms with Crippen molar-refractivity contribution in [2.24, 2.45) is 0 Å². The summed E-state index contributed by atoms with van der Waals surface area (Å²) in [5.74, 6) is -1.41. The summed E-state index contributed by atoms with van der Waals surface area (Å²) in [5.41, 5.74) is -1.28. The number of nitro benzene ring substituents is 2. The first kappa shape index (κ1) is 18.0. The second kappa shape index (κ2) is 6.65. The zero-order valence-corrected chi connectivity index (χ0v) is 13.3. The van der Waals surface area contributed by atoms with Crippen LogP contribution in [0.25, 0.3) is 0 Å². The largest absolute Gasteiger partial charge is 0.395 e. The molecule has 1 aromatic carbocycles. The van der Waals surface area contributed by atoms with Gasteiger partial charge in [-0.15, -0.1) is 0 Å². The molecule has 1 aromatic rings. The van der Waals surface area contributed by atoms with Crippen molar-refractivity contribution in [1.29, 1.82) is 0 Å². The zero-order chi connectivity index (χ0) is 18.9. The van der Waals surface area contributed by atoms with Crippen LogP contribution < -0.4 is 5.32 Å². The lowest BCUT2D eigenvalue weighted by atomic mass is 10.0. The van der Waals surface area contributed by atoms with Crippen LogP contribution in [0.4, 0.5) is 17.1 Å². The highest BCUT2D eigenvalue weighted by atomic mass is 16.6. The molecule has 0 atom stereocenters. The quantitative estimate of drug-likeness (QED) is 0.433. The van der Waals surface area contributed by atoms with Crippen molar-refractivity contribution in [3.8, 4) is 0 Å². The lowest BCUT2D eigenvalue weighted by Crippen LogP contribution is -2.34. The molecule has 0 spiro atoms. The molecule has 0 bridgehead atoms. The maximum Gasteiger partial charge on any atom is 0.302 e. The molecule has 0 aliphatic carbocycles. The summed E-state index contributed by atoms with van der Waals surface area (Å²) >= 11 is 0. The number of nitro groups is 2. The molecule has 0 saturated heterocycles. The number of nitrogens with one attached hydrogen (secondary N) is 1. The Hall–Kier alpha value is -3.34. The van der Waals surface area contributed by atoms with E-state index in [-0.39, 0.29) is 29.1 Å². The molecule has 0 unspecified atom stereocenters. The number of benzene rings is 1. The molecule has 25 heavy (non-hydrogen) atoms. The summed E-state index contributed by atoms with van der Waals surface area (Å²) in [6, 6.07) is 1.15. The van der Waals surface area contributed by atoms with Crippen molar-refractivity contribution in [3.63, 3.8) is 0 Å². The Labute approximate surface area is 140 Å². The number of hydrogen-bond acceptors (Lipinski definition) is 8. The third kappa shape index (κ3) is 3.17. The summed E-state index contributed by atoms with van der Waals surface area (Å²) in [5, 5.41) is 33.8. The van der Waals surface area contributed by atoms with Crippen molar-refractivity contribution < 1.29 is 24.5 Å². The number of carbonyl (C=O) groups excluding carboxylic acids is 2. The van der Waals surface area contributed by atoms with E-state index in [1.165, 1.54) is 13.8 Å². The van der Waals surface area contributed by atoms with Crippen LogP contribution in [-0.2, 0) is 9.59 Å². The smallest absolute Gasteiger partial charge is 0.302 e. The molecule has 0 aromatic heterocycles. The SMILES string of the molecule is Cc1cc([N+](=O)[O-])c(C)c([N+](=O)[O-])c1NC1=CC(=O)N(CCO)C1=O. The van der Waals surface area contributed by atoms with E-state index in [1.807, 2.05) is 0 Å². The predicted molar refractivity (Wildman–Crippen MR) is 84.7 cm³/mol. The Morgan fingerprint density at radius 2 is 1.84 bits per heavy atom. The van der Waals surface area contributed by atoms with Gasteiger partial charge in [-0.3, -0.25) is 34.7 Å². The van der Waals surface area contributed by atoms with Gasteiger partial charge in [-0.05, 0) is 19.4 Å². The molecule has 1 heterocycles. The van der Waals surface area contributed by atoms with Crippen molar-refractivity contribution in [2.45, 2.75) is 13.8 Å². The molecule has 1 aliphatic rings. The Kier molecular flexibility index (Phi) is 4.79. The number of imide groups is 1. The average Bonchev–Trinajstić information content (AvgIpc) is 2.78. The summed E-state index contributed by atoms with van der Waals surface area (Å²) in [7, 11) is 0. The van der Waals surface area contributed by atoms with E-state index in [0.717, 1.165) is 17.0 Å². The van der Waals surface area contributed by atoms with Gasteiger partial charge < -0.3 is 10.4 Å². The van der Waals surface area contributed by atoms with Crippen LogP contribution in [0.2, 0.25) is 0 Å². The zero-order valence-electron chi connectivity index (χ0n) is 13.3. The van der Waals surface area contributed by atoms with Crippen LogP contribution in [0.1, 0.15) is 11.1 Å². The molecule has 2 rings (SSSR count). The van der Waals surface area contributed by atoms with Gasteiger partial charge in [0.05, 0.1) is 23.0 Å². The Morgan fingerprint density at radius 1 is 1.20 bits per heavy atom. The van der Waals surface area contributed by atoms with Crippen LogP contribution in [0, 0.1) is 34.1 Å². The van der Waals surface area contributed by atoms with Gasteiger partial charge in [0, 0.05) is 12.1 Å².